The van der Waals surface area contributed by atoms with E-state index in [-0.39, 0.29) is 18.0 Å². The molecule has 1 aliphatic rings. The summed E-state index contributed by atoms with van der Waals surface area (Å²) in [6, 6.07) is 0. The number of ether oxygens (including phenoxy) is 1. The molecule has 0 spiro atoms. The second-order valence-electron chi connectivity index (χ2n) is 4.45. The van der Waals surface area contributed by atoms with Crippen LogP contribution >= 0.6 is 0 Å². The molecule has 0 aromatic carbocycles. The van der Waals surface area contributed by atoms with Gasteiger partial charge in [0.05, 0.1) is 19.1 Å². The highest BCUT2D eigenvalue weighted by Crippen LogP contribution is 2.54. The van der Waals surface area contributed by atoms with E-state index >= 15 is 0 Å². The molecule has 12 heavy (non-hydrogen) atoms. The summed E-state index contributed by atoms with van der Waals surface area (Å²) in [5, 5.41) is 9.07. The first-order valence-electron chi connectivity index (χ1n) is 4.15. The van der Waals surface area contributed by atoms with Crippen LogP contribution in [0, 0.1) is 10.8 Å². The average molecular weight is 172 g/mol. The zero-order valence-corrected chi connectivity index (χ0v) is 7.89. The molecule has 1 rings (SSSR count). The van der Waals surface area contributed by atoms with Gasteiger partial charge in [0.25, 0.3) is 0 Å². The second-order valence-corrected chi connectivity index (χ2v) is 4.45. The molecule has 0 heterocycles. The molecule has 0 aliphatic heterocycles. The van der Waals surface area contributed by atoms with E-state index in [1.807, 2.05) is 0 Å². The first kappa shape index (κ1) is 9.52. The maximum atomic E-state index is 11.3. The Morgan fingerprint density at radius 3 is 2.25 bits per heavy atom. The third-order valence-corrected chi connectivity index (χ3v) is 2.55. The standard InChI is InChI=1S/C9H16O3/c1-8(2)4-9(5-8,6-10)7(11)12-3/h10H,4-6H2,1-3H3. The van der Waals surface area contributed by atoms with Gasteiger partial charge in [-0.15, -0.1) is 0 Å². The van der Waals surface area contributed by atoms with Crippen molar-refractivity contribution in [2.24, 2.45) is 10.8 Å². The third kappa shape index (κ3) is 1.33. The molecule has 1 N–H and O–H groups in total. The van der Waals surface area contributed by atoms with Crippen LogP contribution in [0.3, 0.4) is 0 Å². The van der Waals surface area contributed by atoms with Gasteiger partial charge >= 0.3 is 5.97 Å². The molecular formula is C9H16O3. The lowest BCUT2D eigenvalue weighted by Gasteiger charge is -2.49. The van der Waals surface area contributed by atoms with Crippen molar-refractivity contribution >= 4 is 5.97 Å². The van der Waals surface area contributed by atoms with Crippen LogP contribution in [0.5, 0.6) is 0 Å². The van der Waals surface area contributed by atoms with Crippen LogP contribution in [0.15, 0.2) is 0 Å². The van der Waals surface area contributed by atoms with Gasteiger partial charge in [0.1, 0.15) is 0 Å². The first-order chi connectivity index (χ1) is 5.46. The van der Waals surface area contributed by atoms with Crippen molar-refractivity contribution in [2.45, 2.75) is 26.7 Å². The fraction of sp³-hybridized carbons (Fsp3) is 0.889. The van der Waals surface area contributed by atoms with E-state index in [1.54, 1.807) is 0 Å². The highest BCUT2D eigenvalue weighted by atomic mass is 16.5. The van der Waals surface area contributed by atoms with Gasteiger partial charge in [-0.25, -0.2) is 0 Å². The van der Waals surface area contributed by atoms with Crippen LogP contribution in [0.25, 0.3) is 0 Å². The maximum Gasteiger partial charge on any atom is 0.314 e. The molecule has 1 fully saturated rings. The van der Waals surface area contributed by atoms with Gasteiger partial charge in [-0.3, -0.25) is 4.79 Å². The van der Waals surface area contributed by atoms with E-state index in [0.29, 0.717) is 0 Å². The minimum Gasteiger partial charge on any atom is -0.469 e. The van der Waals surface area contributed by atoms with Crippen LogP contribution in [0.2, 0.25) is 0 Å². The van der Waals surface area contributed by atoms with Gasteiger partial charge in [0.2, 0.25) is 0 Å². The Morgan fingerprint density at radius 2 is 2.00 bits per heavy atom. The Kier molecular flexibility index (Phi) is 2.17. The van der Waals surface area contributed by atoms with Crippen molar-refractivity contribution in [1.82, 2.24) is 0 Å². The van der Waals surface area contributed by atoms with Crippen LogP contribution < -0.4 is 0 Å². The Balaban J connectivity index is 2.65. The van der Waals surface area contributed by atoms with Crippen LogP contribution in [0.1, 0.15) is 26.7 Å². The van der Waals surface area contributed by atoms with E-state index in [9.17, 15) is 4.79 Å². The van der Waals surface area contributed by atoms with Gasteiger partial charge in [-0.05, 0) is 18.3 Å². The Morgan fingerprint density at radius 1 is 1.50 bits per heavy atom. The van der Waals surface area contributed by atoms with Crippen molar-refractivity contribution in [3.05, 3.63) is 0 Å². The predicted molar refractivity (Wildman–Crippen MR) is 44.5 cm³/mol. The number of esters is 1. The summed E-state index contributed by atoms with van der Waals surface area (Å²) in [5.41, 5.74) is -0.421. The number of hydrogen-bond acceptors (Lipinski definition) is 3. The lowest BCUT2D eigenvalue weighted by Crippen LogP contribution is -2.51. The Hall–Kier alpha value is -0.570. The van der Waals surface area contributed by atoms with Crippen molar-refractivity contribution < 1.29 is 14.6 Å². The molecule has 0 atom stereocenters. The molecule has 1 saturated carbocycles. The molecule has 3 nitrogen and oxygen atoms in total. The van der Waals surface area contributed by atoms with E-state index in [4.69, 9.17) is 5.11 Å². The molecule has 1 aliphatic carbocycles. The maximum absolute atomic E-state index is 11.3. The van der Waals surface area contributed by atoms with E-state index in [0.717, 1.165) is 12.8 Å². The molecule has 0 aromatic rings. The number of aliphatic hydroxyl groups excluding tert-OH is 1. The Labute approximate surface area is 72.7 Å². The quantitative estimate of drug-likeness (QED) is 0.631. The van der Waals surface area contributed by atoms with Gasteiger partial charge in [0, 0.05) is 0 Å². The molecule has 0 amide bonds. The Bertz CT molecular complexity index is 188. The molecule has 3 heteroatoms. The average Bonchev–Trinajstić information content (AvgIpc) is 1.97. The number of rotatable bonds is 2. The predicted octanol–water partition coefficient (Wildman–Crippen LogP) is 0.958. The van der Waals surface area contributed by atoms with Crippen molar-refractivity contribution in [2.75, 3.05) is 13.7 Å². The number of aliphatic hydroxyl groups is 1. The normalized spacial score (nSPS) is 24.3. The number of hydrogen-bond donors (Lipinski definition) is 1. The van der Waals surface area contributed by atoms with Gasteiger partial charge < -0.3 is 9.84 Å². The number of carbonyl (C=O) groups is 1. The van der Waals surface area contributed by atoms with Gasteiger partial charge in [0.15, 0.2) is 0 Å². The van der Waals surface area contributed by atoms with Gasteiger partial charge in [-0.1, -0.05) is 13.8 Å². The summed E-state index contributed by atoms with van der Waals surface area (Å²) in [5.74, 6) is -0.274. The lowest BCUT2D eigenvalue weighted by molar-refractivity contribution is -0.172. The van der Waals surface area contributed by atoms with Crippen LogP contribution in [0.4, 0.5) is 0 Å². The summed E-state index contributed by atoms with van der Waals surface area (Å²) in [7, 11) is 1.37. The van der Waals surface area contributed by atoms with Gasteiger partial charge in [-0.2, -0.15) is 0 Å². The zero-order valence-electron chi connectivity index (χ0n) is 7.89. The fourth-order valence-corrected chi connectivity index (χ4v) is 2.32. The highest BCUT2D eigenvalue weighted by molar-refractivity contribution is 5.78. The zero-order chi connectivity index (χ0) is 9.41. The topological polar surface area (TPSA) is 46.5 Å². The third-order valence-electron chi connectivity index (χ3n) is 2.55. The fourth-order valence-electron chi connectivity index (χ4n) is 2.32. The largest absolute Gasteiger partial charge is 0.469 e. The lowest BCUT2D eigenvalue weighted by atomic mass is 9.55. The highest BCUT2D eigenvalue weighted by Gasteiger charge is 2.54. The van der Waals surface area contributed by atoms with Crippen LogP contribution in [-0.4, -0.2) is 24.8 Å². The second kappa shape index (κ2) is 2.73. The van der Waals surface area contributed by atoms with Crippen molar-refractivity contribution in [3.8, 4) is 0 Å². The molecule has 0 unspecified atom stereocenters. The SMILES string of the molecule is COC(=O)C1(CO)CC(C)(C)C1. The van der Waals surface area contributed by atoms with Crippen molar-refractivity contribution in [1.29, 1.82) is 0 Å². The van der Waals surface area contributed by atoms with E-state index in [1.165, 1.54) is 7.11 Å². The minimum atomic E-state index is -0.599. The molecule has 0 bridgehead atoms. The first-order valence-corrected chi connectivity index (χ1v) is 4.15. The molecule has 0 radical (unpaired) electrons. The summed E-state index contributed by atoms with van der Waals surface area (Å²) in [6.45, 7) is 4.08. The van der Waals surface area contributed by atoms with Crippen molar-refractivity contribution in [3.63, 3.8) is 0 Å². The molecule has 0 aromatic heterocycles. The summed E-state index contributed by atoms with van der Waals surface area (Å²) in [4.78, 5) is 11.3. The van der Waals surface area contributed by atoms with E-state index < -0.39 is 5.41 Å². The summed E-state index contributed by atoms with van der Waals surface area (Å²) in [6.07, 6.45) is 1.45. The molecular weight excluding hydrogens is 156 g/mol. The van der Waals surface area contributed by atoms with E-state index in [2.05, 4.69) is 18.6 Å². The minimum absolute atomic E-state index is 0.0941. The molecule has 0 saturated heterocycles. The molecule has 70 valence electrons. The number of carbonyl (C=O) groups excluding carboxylic acids is 1. The summed E-state index contributed by atoms with van der Waals surface area (Å²) >= 11 is 0. The number of methoxy groups -OCH3 is 1. The van der Waals surface area contributed by atoms with Crippen LogP contribution in [-0.2, 0) is 9.53 Å². The monoisotopic (exact) mass is 172 g/mol. The smallest absolute Gasteiger partial charge is 0.314 e. The summed E-state index contributed by atoms with van der Waals surface area (Å²) < 4.78 is 4.64.